The Kier molecular flexibility index (Phi) is 8.41. The molecule has 25 heavy (non-hydrogen) atoms. The van der Waals surface area contributed by atoms with Gasteiger partial charge in [-0.05, 0) is 51.2 Å². The average Bonchev–Trinajstić information content (AvgIpc) is 2.59. The fourth-order valence-electron chi connectivity index (χ4n) is 2.43. The second-order valence-corrected chi connectivity index (χ2v) is 8.00. The Hall–Kier alpha value is -1.57. The third-order valence-electron chi connectivity index (χ3n) is 4.13. The van der Waals surface area contributed by atoms with Crippen LogP contribution in [-0.4, -0.2) is 52.2 Å². The van der Waals surface area contributed by atoms with Gasteiger partial charge in [-0.25, -0.2) is 5.84 Å². The maximum atomic E-state index is 12.4. The van der Waals surface area contributed by atoms with Crippen LogP contribution in [0.1, 0.15) is 27.7 Å². The largest absolute Gasteiger partial charge is 0.497 e. The number of methoxy groups -OCH3 is 1. The summed E-state index contributed by atoms with van der Waals surface area (Å²) in [7, 11) is 0.377. The third-order valence-corrected chi connectivity index (χ3v) is 5.52. The Morgan fingerprint density at radius 3 is 2.28 bits per heavy atom. The number of ether oxygens (including phenoxy) is 1. The molecule has 1 aromatic carbocycles. The van der Waals surface area contributed by atoms with Crippen LogP contribution in [0.15, 0.2) is 41.1 Å². The van der Waals surface area contributed by atoms with Gasteiger partial charge in [0.1, 0.15) is 5.75 Å². The van der Waals surface area contributed by atoms with E-state index in [0.717, 1.165) is 25.4 Å². The van der Waals surface area contributed by atoms with Crippen molar-refractivity contribution >= 4 is 10.8 Å². The molecule has 0 spiro atoms. The molecule has 0 fully saturated rings. The summed E-state index contributed by atoms with van der Waals surface area (Å²) < 4.78 is 17.5. The first-order chi connectivity index (χ1) is 11.7. The lowest BCUT2D eigenvalue weighted by Crippen LogP contribution is -2.53. The van der Waals surface area contributed by atoms with Crippen molar-refractivity contribution < 1.29 is 8.95 Å². The minimum atomic E-state index is -1.22. The van der Waals surface area contributed by atoms with Crippen LogP contribution in [0, 0.1) is 0 Å². The van der Waals surface area contributed by atoms with Crippen LogP contribution in [0.2, 0.25) is 0 Å². The summed E-state index contributed by atoms with van der Waals surface area (Å²) in [4.78, 5) is 3.02. The first kappa shape index (κ1) is 21.5. The molecule has 0 aliphatic heterocycles. The molecule has 1 aromatic rings. The van der Waals surface area contributed by atoms with Crippen LogP contribution >= 0.6 is 0 Å². The second-order valence-electron chi connectivity index (χ2n) is 6.55. The Balaban J connectivity index is 2.73. The number of benzene rings is 1. The van der Waals surface area contributed by atoms with E-state index in [2.05, 4.69) is 32.6 Å². The van der Waals surface area contributed by atoms with Gasteiger partial charge in [0.15, 0.2) is 0 Å². The molecule has 142 valence electrons. The van der Waals surface area contributed by atoms with Gasteiger partial charge in [-0.3, -0.25) is 4.21 Å². The van der Waals surface area contributed by atoms with Gasteiger partial charge in [-0.15, -0.1) is 0 Å². The zero-order valence-electron chi connectivity index (χ0n) is 16.0. The molecule has 1 rings (SSSR count). The summed E-state index contributed by atoms with van der Waals surface area (Å²) in [5, 5.41) is 1.62. The van der Waals surface area contributed by atoms with Crippen molar-refractivity contribution in [3.63, 3.8) is 0 Å². The predicted molar refractivity (Wildman–Crippen MR) is 104 cm³/mol. The topological polar surface area (TPSA) is 84.8 Å². The fourth-order valence-corrected chi connectivity index (χ4v) is 3.41. The van der Waals surface area contributed by atoms with Gasteiger partial charge < -0.3 is 20.4 Å². The Bertz CT molecular complexity index is 583. The van der Waals surface area contributed by atoms with Crippen LogP contribution in [0.25, 0.3) is 0 Å². The van der Waals surface area contributed by atoms with Crippen LogP contribution in [0.4, 0.5) is 0 Å². The molecule has 0 aliphatic carbocycles. The minimum Gasteiger partial charge on any atom is -0.497 e. The molecular weight excluding hydrogens is 336 g/mol. The summed E-state index contributed by atoms with van der Waals surface area (Å²) in [6.45, 7) is 11.1. The Morgan fingerprint density at radius 1 is 1.24 bits per heavy atom. The van der Waals surface area contributed by atoms with Crippen molar-refractivity contribution in [3.8, 4) is 5.75 Å². The standard InChI is InChI=1S/C18H32N4O2S/c1-6-21(7-2)14-18(3,4)22(20)12-15(19)13-25(23)17-10-8-16(24-5)9-11-17/h8-12H,6-7,13-14,19-20H2,1-5H3/b15-12-. The molecule has 0 bridgehead atoms. The monoisotopic (exact) mass is 368 g/mol. The van der Waals surface area contributed by atoms with Gasteiger partial charge in [0.25, 0.3) is 0 Å². The fraction of sp³-hybridized carbons (Fsp3) is 0.556. The second kappa shape index (κ2) is 9.79. The first-order valence-electron chi connectivity index (χ1n) is 8.48. The molecular formula is C18H32N4O2S. The Morgan fingerprint density at radius 2 is 1.80 bits per heavy atom. The van der Waals surface area contributed by atoms with Crippen LogP contribution in [0.3, 0.4) is 0 Å². The van der Waals surface area contributed by atoms with E-state index in [1.165, 1.54) is 0 Å². The lowest BCUT2D eigenvalue weighted by atomic mass is 10.0. The number of hydrazine groups is 1. The highest BCUT2D eigenvalue weighted by Crippen LogP contribution is 2.16. The normalized spacial score (nSPS) is 13.8. The number of nitrogens with zero attached hydrogens (tertiary/aromatic N) is 2. The number of nitrogens with two attached hydrogens (primary N) is 2. The van der Waals surface area contributed by atoms with E-state index in [0.29, 0.717) is 10.6 Å². The van der Waals surface area contributed by atoms with E-state index in [1.807, 2.05) is 0 Å². The molecule has 0 aliphatic rings. The van der Waals surface area contributed by atoms with Gasteiger partial charge in [-0.1, -0.05) is 13.8 Å². The summed E-state index contributed by atoms with van der Waals surface area (Å²) >= 11 is 0. The van der Waals surface area contributed by atoms with Gasteiger partial charge >= 0.3 is 0 Å². The van der Waals surface area contributed by atoms with Crippen LogP contribution in [0.5, 0.6) is 5.75 Å². The number of rotatable bonds is 10. The zero-order valence-corrected chi connectivity index (χ0v) is 16.8. The van der Waals surface area contributed by atoms with Gasteiger partial charge in [-0.2, -0.15) is 0 Å². The predicted octanol–water partition coefficient (Wildman–Crippen LogP) is 1.90. The minimum absolute atomic E-state index is 0.237. The molecule has 4 N–H and O–H groups in total. The van der Waals surface area contributed by atoms with Crippen molar-refractivity contribution in [2.45, 2.75) is 38.1 Å². The smallest absolute Gasteiger partial charge is 0.118 e. The highest BCUT2D eigenvalue weighted by Gasteiger charge is 2.25. The quantitative estimate of drug-likeness (QED) is 0.485. The molecule has 6 nitrogen and oxygen atoms in total. The van der Waals surface area contributed by atoms with E-state index < -0.39 is 10.8 Å². The number of likely N-dealkylation sites (N-methyl/N-ethyl adjacent to an activating group) is 1. The third kappa shape index (κ3) is 6.68. The first-order valence-corrected chi connectivity index (χ1v) is 9.80. The summed E-state index contributed by atoms with van der Waals surface area (Å²) in [6, 6.07) is 7.14. The van der Waals surface area contributed by atoms with E-state index in [-0.39, 0.29) is 11.3 Å². The van der Waals surface area contributed by atoms with Crippen molar-refractivity contribution in [3.05, 3.63) is 36.2 Å². The van der Waals surface area contributed by atoms with Crippen LogP contribution in [-0.2, 0) is 10.8 Å². The Labute approximate surface area is 154 Å². The van der Waals surface area contributed by atoms with Gasteiger partial charge in [0, 0.05) is 23.3 Å². The molecule has 0 amide bonds. The summed E-state index contributed by atoms with van der Waals surface area (Å²) in [6.07, 6.45) is 1.69. The molecule has 0 saturated carbocycles. The number of hydrogen-bond donors (Lipinski definition) is 2. The average molecular weight is 369 g/mol. The summed E-state index contributed by atoms with van der Waals surface area (Å²) in [5.41, 5.74) is 6.28. The van der Waals surface area contributed by atoms with E-state index >= 15 is 0 Å². The van der Waals surface area contributed by atoms with Crippen LogP contribution < -0.4 is 16.3 Å². The molecule has 0 saturated heterocycles. The van der Waals surface area contributed by atoms with Crippen molar-refractivity contribution in [1.29, 1.82) is 0 Å². The number of hydrogen-bond acceptors (Lipinski definition) is 6. The highest BCUT2D eigenvalue weighted by atomic mass is 32.2. The molecule has 0 radical (unpaired) electrons. The highest BCUT2D eigenvalue weighted by molar-refractivity contribution is 7.85. The van der Waals surface area contributed by atoms with E-state index in [9.17, 15) is 4.21 Å². The van der Waals surface area contributed by atoms with E-state index in [1.54, 1.807) is 42.6 Å². The maximum Gasteiger partial charge on any atom is 0.118 e. The van der Waals surface area contributed by atoms with E-state index in [4.69, 9.17) is 16.3 Å². The zero-order chi connectivity index (χ0) is 19.0. The molecule has 1 atom stereocenters. The maximum absolute atomic E-state index is 12.4. The molecule has 7 heteroatoms. The van der Waals surface area contributed by atoms with Crippen molar-refractivity contribution in [1.82, 2.24) is 9.91 Å². The molecule has 1 unspecified atom stereocenters. The van der Waals surface area contributed by atoms with Gasteiger partial charge in [0.05, 0.1) is 29.2 Å². The molecule has 0 aromatic heterocycles. The van der Waals surface area contributed by atoms with Crippen molar-refractivity contribution in [2.24, 2.45) is 11.6 Å². The lowest BCUT2D eigenvalue weighted by Gasteiger charge is -2.38. The van der Waals surface area contributed by atoms with Crippen molar-refractivity contribution in [2.75, 3.05) is 32.5 Å². The van der Waals surface area contributed by atoms with Gasteiger partial charge in [0.2, 0.25) is 0 Å². The lowest BCUT2D eigenvalue weighted by molar-refractivity contribution is 0.120. The SMILES string of the molecule is CCN(CC)CC(C)(C)N(N)/C=C(\N)CS(=O)c1ccc(OC)cc1. The molecule has 0 heterocycles. The summed E-state index contributed by atoms with van der Waals surface area (Å²) in [5.74, 6) is 7.17.